The van der Waals surface area contributed by atoms with Crippen LogP contribution >= 0.6 is 23.2 Å². The largest absolute Gasteiger partial charge is 0.324 e. The highest BCUT2D eigenvalue weighted by Gasteiger charge is 2.27. The summed E-state index contributed by atoms with van der Waals surface area (Å²) in [6.45, 7) is 3.63. The Balaban J connectivity index is 1.78. The molecule has 0 fully saturated rings. The van der Waals surface area contributed by atoms with E-state index >= 15 is 0 Å². The smallest absolute Gasteiger partial charge is 0.250 e. The van der Waals surface area contributed by atoms with E-state index in [9.17, 15) is 4.79 Å². The molecule has 1 aliphatic rings. The van der Waals surface area contributed by atoms with E-state index in [1.54, 1.807) is 4.68 Å². The Morgan fingerprint density at radius 3 is 2.55 bits per heavy atom. The molecule has 0 radical (unpaired) electrons. The van der Waals surface area contributed by atoms with Gasteiger partial charge in [-0.25, -0.2) is 4.68 Å². The summed E-state index contributed by atoms with van der Waals surface area (Å²) in [5.41, 5.74) is 2.69. The molecule has 6 nitrogen and oxygen atoms in total. The number of fused-ring (bicyclic) bond motifs is 1. The van der Waals surface area contributed by atoms with E-state index in [-0.39, 0.29) is 23.8 Å². The average molecular weight is 428 g/mol. The number of benzene rings is 2. The summed E-state index contributed by atoms with van der Waals surface area (Å²) >= 11 is 12.5. The molecule has 0 saturated heterocycles. The van der Waals surface area contributed by atoms with E-state index in [4.69, 9.17) is 23.2 Å². The quantitative estimate of drug-likeness (QED) is 0.597. The lowest BCUT2D eigenvalue weighted by Crippen LogP contribution is -2.21. The molecule has 0 spiro atoms. The Hall–Kier alpha value is -2.83. The Bertz CT molecular complexity index is 1090. The summed E-state index contributed by atoms with van der Waals surface area (Å²) in [7, 11) is 0. The molecule has 0 saturated carbocycles. The highest BCUT2D eigenvalue weighted by molar-refractivity contribution is 6.31. The van der Waals surface area contributed by atoms with Crippen LogP contribution in [-0.2, 0) is 4.79 Å². The van der Waals surface area contributed by atoms with Gasteiger partial charge in [-0.3, -0.25) is 10.1 Å². The van der Waals surface area contributed by atoms with Crippen molar-refractivity contribution in [1.29, 1.82) is 0 Å². The highest BCUT2D eigenvalue weighted by atomic mass is 35.5. The first kappa shape index (κ1) is 19.5. The number of nitrogens with one attached hydrogen (secondary N) is 2. The van der Waals surface area contributed by atoms with Gasteiger partial charge in [0, 0.05) is 21.7 Å². The monoisotopic (exact) mass is 427 g/mol. The van der Waals surface area contributed by atoms with Crippen LogP contribution in [0.15, 0.2) is 54.6 Å². The highest BCUT2D eigenvalue weighted by Crippen LogP contribution is 2.36. The Labute approximate surface area is 178 Å². The lowest BCUT2D eigenvalue weighted by molar-refractivity contribution is -0.118. The maximum atomic E-state index is 12.1. The molecule has 1 atom stereocenters. The van der Waals surface area contributed by atoms with Crippen molar-refractivity contribution in [2.75, 3.05) is 10.6 Å². The molecule has 148 valence electrons. The van der Waals surface area contributed by atoms with Gasteiger partial charge >= 0.3 is 0 Å². The summed E-state index contributed by atoms with van der Waals surface area (Å²) in [5, 5.41) is 11.8. The number of aromatic nitrogens is 3. The summed E-state index contributed by atoms with van der Waals surface area (Å²) in [6.07, 6.45) is 2.03. The average Bonchev–Trinajstić information content (AvgIpc) is 3.10. The third kappa shape index (κ3) is 3.99. The summed E-state index contributed by atoms with van der Waals surface area (Å²) in [4.78, 5) is 16.6. The molecule has 8 heteroatoms. The van der Waals surface area contributed by atoms with Gasteiger partial charge in [0.2, 0.25) is 11.9 Å². The minimum absolute atomic E-state index is 0.145. The molecule has 2 aromatic carbocycles. The molecule has 1 amide bonds. The minimum atomic E-state index is -0.289. The van der Waals surface area contributed by atoms with Crippen LogP contribution in [-0.4, -0.2) is 20.7 Å². The van der Waals surface area contributed by atoms with Crippen LogP contribution in [0.4, 0.5) is 11.9 Å². The molecule has 2 heterocycles. The van der Waals surface area contributed by atoms with Gasteiger partial charge in [0.05, 0.1) is 0 Å². The zero-order valence-corrected chi connectivity index (χ0v) is 17.4. The molecule has 4 rings (SSSR count). The van der Waals surface area contributed by atoms with Crippen LogP contribution < -0.4 is 10.6 Å². The maximum absolute atomic E-state index is 12.1. The van der Waals surface area contributed by atoms with Crippen LogP contribution in [0, 0.1) is 5.92 Å². The molecule has 1 aliphatic heterocycles. The number of rotatable bonds is 4. The molecule has 1 unspecified atom stereocenters. The van der Waals surface area contributed by atoms with Gasteiger partial charge in [0.1, 0.15) is 6.04 Å². The SMILES string of the molecule is CC(C)C(=O)Nc1nc2n(n1)C(c1ccccc1Cl)C=C(c1ccc(Cl)cc1)N2. The summed E-state index contributed by atoms with van der Waals surface area (Å²) in [5.74, 6) is 0.439. The number of anilines is 2. The van der Waals surface area contributed by atoms with Crippen molar-refractivity contribution in [2.45, 2.75) is 19.9 Å². The second-order valence-electron chi connectivity index (χ2n) is 7.03. The third-order valence-corrected chi connectivity index (χ3v) is 5.20. The topological polar surface area (TPSA) is 71.8 Å². The molecule has 3 aromatic rings. The van der Waals surface area contributed by atoms with Crippen molar-refractivity contribution in [3.63, 3.8) is 0 Å². The number of carbonyl (C=O) groups excluding carboxylic acids is 1. The van der Waals surface area contributed by atoms with E-state index in [0.29, 0.717) is 16.0 Å². The molecular weight excluding hydrogens is 409 g/mol. The van der Waals surface area contributed by atoms with E-state index in [1.165, 1.54) is 0 Å². The minimum Gasteiger partial charge on any atom is -0.324 e. The van der Waals surface area contributed by atoms with Gasteiger partial charge in [0.15, 0.2) is 0 Å². The molecule has 0 bridgehead atoms. The van der Waals surface area contributed by atoms with Crippen molar-refractivity contribution >= 4 is 46.7 Å². The van der Waals surface area contributed by atoms with Gasteiger partial charge in [-0.1, -0.05) is 67.4 Å². The zero-order valence-electron chi connectivity index (χ0n) is 15.9. The molecule has 2 N–H and O–H groups in total. The van der Waals surface area contributed by atoms with E-state index in [1.807, 2.05) is 68.5 Å². The predicted octanol–water partition coefficient (Wildman–Crippen LogP) is 5.24. The van der Waals surface area contributed by atoms with Crippen LogP contribution in [0.3, 0.4) is 0 Å². The third-order valence-electron chi connectivity index (χ3n) is 4.60. The fraction of sp³-hybridized carbons (Fsp3) is 0.190. The van der Waals surface area contributed by atoms with Gasteiger partial charge in [-0.05, 0) is 35.4 Å². The predicted molar refractivity (Wildman–Crippen MR) is 116 cm³/mol. The number of allylic oxidation sites excluding steroid dienone is 1. The van der Waals surface area contributed by atoms with Crippen LogP contribution in [0.5, 0.6) is 0 Å². The van der Waals surface area contributed by atoms with Gasteiger partial charge in [-0.2, -0.15) is 4.98 Å². The second kappa shape index (κ2) is 7.89. The van der Waals surface area contributed by atoms with Crippen molar-refractivity contribution in [3.8, 4) is 0 Å². The van der Waals surface area contributed by atoms with Crippen molar-refractivity contribution in [1.82, 2.24) is 14.8 Å². The first-order valence-electron chi connectivity index (χ1n) is 9.19. The van der Waals surface area contributed by atoms with Crippen molar-refractivity contribution in [2.24, 2.45) is 5.92 Å². The van der Waals surface area contributed by atoms with E-state index in [2.05, 4.69) is 20.7 Å². The van der Waals surface area contributed by atoms with E-state index < -0.39 is 0 Å². The van der Waals surface area contributed by atoms with Crippen molar-refractivity contribution < 1.29 is 4.79 Å². The number of carbonyl (C=O) groups is 1. The standard InChI is InChI=1S/C21H19Cl2N5O/c1-12(2)19(29)25-20-26-21-24-17(13-7-9-14(22)10-8-13)11-18(28(21)27-20)15-5-3-4-6-16(15)23/h3-12,18H,1-2H3,(H2,24,25,26,27,29). The Morgan fingerprint density at radius 1 is 1.14 bits per heavy atom. The molecule has 0 aliphatic carbocycles. The van der Waals surface area contributed by atoms with Crippen LogP contribution in [0.25, 0.3) is 5.70 Å². The molecule has 29 heavy (non-hydrogen) atoms. The number of amides is 1. The van der Waals surface area contributed by atoms with Gasteiger partial charge in [-0.15, -0.1) is 5.10 Å². The number of nitrogens with zero attached hydrogens (tertiary/aromatic N) is 3. The van der Waals surface area contributed by atoms with Crippen LogP contribution in [0.2, 0.25) is 10.0 Å². The van der Waals surface area contributed by atoms with E-state index in [0.717, 1.165) is 16.8 Å². The lowest BCUT2D eigenvalue weighted by atomic mass is 10.0. The fourth-order valence-electron chi connectivity index (χ4n) is 3.03. The normalized spacial score (nSPS) is 15.5. The Kier molecular flexibility index (Phi) is 5.30. The fourth-order valence-corrected chi connectivity index (χ4v) is 3.41. The molecular formula is C21H19Cl2N5O. The number of hydrogen-bond donors (Lipinski definition) is 2. The number of halogens is 2. The first-order chi connectivity index (χ1) is 13.9. The lowest BCUT2D eigenvalue weighted by Gasteiger charge is -2.24. The van der Waals surface area contributed by atoms with Crippen LogP contribution in [0.1, 0.15) is 31.0 Å². The molecule has 1 aromatic heterocycles. The Morgan fingerprint density at radius 2 is 1.86 bits per heavy atom. The van der Waals surface area contributed by atoms with Gasteiger partial charge in [0.25, 0.3) is 5.95 Å². The van der Waals surface area contributed by atoms with Gasteiger partial charge < -0.3 is 5.32 Å². The summed E-state index contributed by atoms with van der Waals surface area (Å²) < 4.78 is 1.72. The summed E-state index contributed by atoms with van der Waals surface area (Å²) in [6, 6.07) is 14.8. The maximum Gasteiger partial charge on any atom is 0.250 e. The number of hydrogen-bond acceptors (Lipinski definition) is 4. The second-order valence-corrected chi connectivity index (χ2v) is 7.87. The van der Waals surface area contributed by atoms with Crippen molar-refractivity contribution in [3.05, 3.63) is 75.8 Å². The first-order valence-corrected chi connectivity index (χ1v) is 9.94. The zero-order chi connectivity index (χ0) is 20.5.